The van der Waals surface area contributed by atoms with Crippen molar-refractivity contribution in [2.45, 2.75) is 0 Å². The summed E-state index contributed by atoms with van der Waals surface area (Å²) in [6.45, 7) is 0. The molecule has 0 aliphatic carbocycles. The van der Waals surface area contributed by atoms with Crippen LogP contribution in [0.1, 0.15) is 11.1 Å². The number of rotatable bonds is 8. The summed E-state index contributed by atoms with van der Waals surface area (Å²) >= 11 is 0. The van der Waals surface area contributed by atoms with Crippen molar-refractivity contribution in [3.63, 3.8) is 0 Å². The van der Waals surface area contributed by atoms with Crippen molar-refractivity contribution < 1.29 is 9.47 Å². The van der Waals surface area contributed by atoms with E-state index in [1.165, 1.54) is 0 Å². The van der Waals surface area contributed by atoms with Crippen molar-refractivity contribution >= 4 is 0 Å². The van der Waals surface area contributed by atoms with Crippen LogP contribution in [0.4, 0.5) is 0 Å². The molecule has 48 heavy (non-hydrogen) atoms. The molecule has 0 saturated heterocycles. The molecule has 0 spiro atoms. The summed E-state index contributed by atoms with van der Waals surface area (Å²) in [5, 5.41) is 28.8. The highest BCUT2D eigenvalue weighted by atomic mass is 16.5. The van der Waals surface area contributed by atoms with E-state index in [-0.39, 0.29) is 0 Å². The maximum atomic E-state index is 9.38. The number of aromatic nitrogens is 5. The van der Waals surface area contributed by atoms with Gasteiger partial charge >= 0.3 is 0 Å². The third kappa shape index (κ3) is 5.76. The van der Waals surface area contributed by atoms with Gasteiger partial charge in [0.15, 0.2) is 11.6 Å². The first kappa shape index (κ1) is 29.7. The van der Waals surface area contributed by atoms with Gasteiger partial charge in [-0.05, 0) is 97.1 Å². The predicted molar refractivity (Wildman–Crippen MR) is 183 cm³/mol. The molecular weight excluding hydrogens is 598 g/mol. The fourth-order valence-corrected chi connectivity index (χ4v) is 5.41. The van der Waals surface area contributed by atoms with E-state index < -0.39 is 0 Å². The zero-order valence-corrected chi connectivity index (χ0v) is 26.1. The molecule has 0 atom stereocenters. The Balaban J connectivity index is 1.37. The monoisotopic (exact) mass is 625 g/mol. The normalized spacial score (nSPS) is 10.7. The van der Waals surface area contributed by atoms with Gasteiger partial charge in [0.25, 0.3) is 0 Å². The highest BCUT2D eigenvalue weighted by Crippen LogP contribution is 2.32. The molecule has 0 radical (unpaired) electrons. The van der Waals surface area contributed by atoms with Crippen LogP contribution in [0.5, 0.6) is 11.5 Å². The van der Waals surface area contributed by atoms with Crippen molar-refractivity contribution in [3.8, 4) is 80.3 Å². The Kier molecular flexibility index (Phi) is 7.92. The van der Waals surface area contributed by atoms with Gasteiger partial charge in [-0.25, -0.2) is 14.3 Å². The molecule has 230 valence electrons. The van der Waals surface area contributed by atoms with Crippen molar-refractivity contribution in [3.05, 3.63) is 139 Å². The minimum absolute atomic E-state index is 0.571. The highest BCUT2D eigenvalue weighted by molar-refractivity contribution is 5.73. The average molecular weight is 626 g/mol. The smallest absolute Gasteiger partial charge is 0.156 e. The first-order chi connectivity index (χ1) is 23.6. The fraction of sp³-hybridized carbons (Fsp3) is 0.0513. The molecule has 0 unspecified atom stereocenters. The standard InChI is InChI=1S/C39H27N7O2/c1-47-32-18-14-28(15-19-32)34-22-36(30-10-6-26(24-40)7-11-30)45(43-34)38-4-3-5-39(42-38)46-37(31-12-8-27(25-41)9-13-31)23-35(44-46)29-16-20-33(48-2)21-17-29/h3-23H,1-2H3. The summed E-state index contributed by atoms with van der Waals surface area (Å²) in [7, 11) is 3.27. The van der Waals surface area contributed by atoms with Crippen LogP contribution in [0.15, 0.2) is 127 Å². The second-order valence-corrected chi connectivity index (χ2v) is 10.8. The molecule has 0 fully saturated rings. The summed E-state index contributed by atoms with van der Waals surface area (Å²) < 4.78 is 14.3. The molecule has 0 amide bonds. The molecule has 4 aromatic carbocycles. The molecule has 0 saturated carbocycles. The number of nitrogens with zero attached hydrogens (tertiary/aromatic N) is 7. The Bertz CT molecular complexity index is 2140. The molecule has 0 aliphatic heterocycles. The molecular formula is C39H27N7O2. The predicted octanol–water partition coefficient (Wildman–Crippen LogP) is 7.88. The zero-order chi connectivity index (χ0) is 33.0. The number of nitriles is 2. The summed E-state index contributed by atoms with van der Waals surface area (Å²) in [4.78, 5) is 5.08. The van der Waals surface area contributed by atoms with Crippen LogP contribution < -0.4 is 9.47 Å². The molecule has 7 aromatic rings. The van der Waals surface area contributed by atoms with Crippen LogP contribution >= 0.6 is 0 Å². The molecule has 9 nitrogen and oxygen atoms in total. The molecule has 0 aliphatic rings. The Morgan fingerprint density at radius 3 is 1.23 bits per heavy atom. The molecule has 9 heteroatoms. The molecule has 7 rings (SSSR count). The Morgan fingerprint density at radius 2 is 0.875 bits per heavy atom. The summed E-state index contributed by atoms with van der Waals surface area (Å²) in [5.74, 6) is 2.68. The van der Waals surface area contributed by atoms with Crippen LogP contribution in [-0.4, -0.2) is 38.8 Å². The number of methoxy groups -OCH3 is 2. The molecule has 0 N–H and O–H groups in total. The molecule has 3 heterocycles. The number of benzene rings is 4. The maximum Gasteiger partial charge on any atom is 0.156 e. The van der Waals surface area contributed by atoms with Gasteiger partial charge in [0.2, 0.25) is 0 Å². The molecule has 3 aromatic heterocycles. The number of hydrogen-bond acceptors (Lipinski definition) is 7. The largest absolute Gasteiger partial charge is 0.497 e. The van der Waals surface area contributed by atoms with Gasteiger partial charge in [0.1, 0.15) is 11.5 Å². The van der Waals surface area contributed by atoms with E-state index in [0.717, 1.165) is 56.5 Å². The van der Waals surface area contributed by atoms with Crippen molar-refractivity contribution in [1.82, 2.24) is 24.5 Å². The SMILES string of the molecule is COc1ccc(-c2cc(-c3ccc(C#N)cc3)n(-c3cccc(-n4nc(-c5ccc(OC)cc5)cc4-c4ccc(C#N)cc4)n3)n2)cc1. The minimum atomic E-state index is 0.571. The van der Waals surface area contributed by atoms with Crippen LogP contribution in [0.25, 0.3) is 56.7 Å². The van der Waals surface area contributed by atoms with E-state index in [9.17, 15) is 10.5 Å². The van der Waals surface area contributed by atoms with Crippen LogP contribution in [0, 0.1) is 22.7 Å². The number of hydrogen-bond donors (Lipinski definition) is 0. The number of pyridine rings is 1. The van der Waals surface area contributed by atoms with Crippen LogP contribution in [0.2, 0.25) is 0 Å². The van der Waals surface area contributed by atoms with Gasteiger partial charge in [-0.3, -0.25) is 0 Å². The number of ether oxygens (including phenoxy) is 2. The van der Waals surface area contributed by atoms with E-state index >= 15 is 0 Å². The van der Waals surface area contributed by atoms with E-state index in [2.05, 4.69) is 12.1 Å². The van der Waals surface area contributed by atoms with Crippen LogP contribution in [0.3, 0.4) is 0 Å². The van der Waals surface area contributed by atoms with E-state index in [1.54, 1.807) is 47.8 Å². The summed E-state index contributed by atoms with van der Waals surface area (Å²) in [5.41, 5.74) is 7.86. The average Bonchev–Trinajstić information content (AvgIpc) is 3.81. The van der Waals surface area contributed by atoms with Gasteiger partial charge in [-0.2, -0.15) is 20.7 Å². The van der Waals surface area contributed by atoms with Gasteiger partial charge in [0.05, 0.1) is 60.3 Å². The topological polar surface area (TPSA) is 115 Å². The van der Waals surface area contributed by atoms with E-state index in [1.807, 2.05) is 103 Å². The summed E-state index contributed by atoms with van der Waals surface area (Å²) in [6.07, 6.45) is 0. The second-order valence-electron chi connectivity index (χ2n) is 10.8. The van der Waals surface area contributed by atoms with Gasteiger partial charge < -0.3 is 9.47 Å². The first-order valence-corrected chi connectivity index (χ1v) is 15.0. The maximum absolute atomic E-state index is 9.38. The third-order valence-corrected chi connectivity index (χ3v) is 7.96. The lowest BCUT2D eigenvalue weighted by Crippen LogP contribution is -2.07. The Hall–Kier alpha value is -6.97. The highest BCUT2D eigenvalue weighted by Gasteiger charge is 2.18. The second kappa shape index (κ2) is 12.8. The van der Waals surface area contributed by atoms with Gasteiger partial charge in [-0.15, -0.1) is 0 Å². The minimum Gasteiger partial charge on any atom is -0.497 e. The lowest BCUT2D eigenvalue weighted by molar-refractivity contribution is 0.415. The van der Waals surface area contributed by atoms with E-state index in [4.69, 9.17) is 24.7 Å². The van der Waals surface area contributed by atoms with E-state index in [0.29, 0.717) is 22.8 Å². The van der Waals surface area contributed by atoms with Crippen molar-refractivity contribution in [2.75, 3.05) is 14.2 Å². The van der Waals surface area contributed by atoms with Gasteiger partial charge in [-0.1, -0.05) is 30.3 Å². The summed E-state index contributed by atoms with van der Waals surface area (Å²) in [6, 6.07) is 44.4. The quantitative estimate of drug-likeness (QED) is 0.169. The third-order valence-electron chi connectivity index (χ3n) is 7.96. The Morgan fingerprint density at radius 1 is 0.500 bits per heavy atom. The Labute approximate surface area is 277 Å². The van der Waals surface area contributed by atoms with Crippen molar-refractivity contribution in [2.24, 2.45) is 0 Å². The first-order valence-electron chi connectivity index (χ1n) is 15.0. The van der Waals surface area contributed by atoms with Crippen molar-refractivity contribution in [1.29, 1.82) is 10.5 Å². The zero-order valence-electron chi connectivity index (χ0n) is 26.1. The van der Waals surface area contributed by atoms with Crippen LogP contribution in [-0.2, 0) is 0 Å². The molecule has 0 bridgehead atoms. The van der Waals surface area contributed by atoms with Gasteiger partial charge in [0, 0.05) is 22.3 Å². The lowest BCUT2D eigenvalue weighted by Gasteiger charge is -2.11. The lowest BCUT2D eigenvalue weighted by atomic mass is 10.1. The fourth-order valence-electron chi connectivity index (χ4n) is 5.41.